The van der Waals surface area contributed by atoms with Crippen LogP contribution in [0.4, 0.5) is 0 Å². The Morgan fingerprint density at radius 1 is 1.67 bits per heavy atom. The van der Waals surface area contributed by atoms with Crippen LogP contribution < -0.4 is 0 Å². The van der Waals surface area contributed by atoms with Crippen molar-refractivity contribution in [1.82, 2.24) is 0 Å². The summed E-state index contributed by atoms with van der Waals surface area (Å²) < 4.78 is 5.23. The molecule has 0 aliphatic rings. The summed E-state index contributed by atoms with van der Waals surface area (Å²) in [5.41, 5.74) is 0. The van der Waals surface area contributed by atoms with E-state index in [1.54, 1.807) is 0 Å². The number of hydrogen-bond acceptors (Lipinski definition) is 2. The third kappa shape index (κ3) is 12.1. The molecule has 0 aromatic rings. The molecule has 0 spiro atoms. The van der Waals surface area contributed by atoms with Gasteiger partial charge in [0.2, 0.25) is 4.38 Å². The SMILES string of the molecule is CC(C)COC(=S)S.[LiH]. The molecule has 0 aromatic carbocycles. The van der Waals surface area contributed by atoms with Crippen molar-refractivity contribution in [2.75, 3.05) is 6.61 Å². The fourth-order valence-corrected chi connectivity index (χ4v) is 0.381. The molecule has 0 atom stereocenters. The summed E-state index contributed by atoms with van der Waals surface area (Å²) in [4.78, 5) is 0. The first-order valence-electron chi connectivity index (χ1n) is 2.48. The zero-order valence-corrected chi connectivity index (χ0v) is 6.76. The Kier molecular flexibility index (Phi) is 9.66. The van der Waals surface area contributed by atoms with Gasteiger partial charge in [-0.1, -0.05) is 26.5 Å². The topological polar surface area (TPSA) is 9.23 Å². The fraction of sp³-hybridized carbons (Fsp3) is 0.800. The third-order valence-electron chi connectivity index (χ3n) is 0.540. The summed E-state index contributed by atoms with van der Waals surface area (Å²) in [6.07, 6.45) is 0. The molecule has 0 bridgehead atoms. The van der Waals surface area contributed by atoms with E-state index < -0.39 is 0 Å². The number of ether oxygens (including phenoxy) is 1. The molecule has 0 heterocycles. The van der Waals surface area contributed by atoms with Crippen LogP contribution in [0.25, 0.3) is 0 Å². The predicted molar refractivity (Wildman–Crippen MR) is 49.5 cm³/mol. The van der Waals surface area contributed by atoms with Crippen LogP contribution in [0.5, 0.6) is 0 Å². The second-order valence-electron chi connectivity index (χ2n) is 1.97. The first-order valence-corrected chi connectivity index (χ1v) is 3.34. The molecule has 0 radical (unpaired) electrons. The van der Waals surface area contributed by atoms with Gasteiger partial charge in [-0.3, -0.25) is 0 Å². The molecule has 9 heavy (non-hydrogen) atoms. The van der Waals surface area contributed by atoms with Gasteiger partial charge in [0.25, 0.3) is 0 Å². The molecule has 1 nitrogen and oxygen atoms in total. The summed E-state index contributed by atoms with van der Waals surface area (Å²) in [5, 5.41) is 0. The summed E-state index contributed by atoms with van der Waals surface area (Å²) in [6.45, 7) is 4.79. The van der Waals surface area contributed by atoms with Gasteiger partial charge in [0, 0.05) is 0 Å². The number of rotatable bonds is 2. The van der Waals surface area contributed by atoms with Gasteiger partial charge in [0.05, 0.1) is 6.61 Å². The van der Waals surface area contributed by atoms with Gasteiger partial charge in [-0.2, -0.15) is 0 Å². The number of hydrogen-bond donors (Lipinski definition) is 1. The van der Waals surface area contributed by atoms with Crippen molar-refractivity contribution < 1.29 is 4.74 Å². The van der Waals surface area contributed by atoms with Crippen LogP contribution in [-0.4, -0.2) is 29.9 Å². The van der Waals surface area contributed by atoms with Crippen LogP contribution >= 0.6 is 24.8 Å². The zero-order valence-electron chi connectivity index (χ0n) is 5.05. The molecule has 0 fully saturated rings. The number of thiocarbonyl (C=S) groups is 1. The summed E-state index contributed by atoms with van der Waals surface area (Å²) >= 11 is 8.34. The van der Waals surface area contributed by atoms with E-state index in [2.05, 4.69) is 38.7 Å². The molecule has 0 aliphatic heterocycles. The van der Waals surface area contributed by atoms with E-state index in [-0.39, 0.29) is 18.9 Å². The Labute approximate surface area is 79.1 Å². The molecule has 0 aliphatic carbocycles. The number of thiol groups is 1. The van der Waals surface area contributed by atoms with Crippen molar-refractivity contribution in [1.29, 1.82) is 0 Å². The minimum atomic E-state index is 0. The molecule has 0 N–H and O–H groups in total. The van der Waals surface area contributed by atoms with Crippen molar-refractivity contribution >= 4 is 48.1 Å². The van der Waals surface area contributed by atoms with E-state index in [9.17, 15) is 0 Å². The van der Waals surface area contributed by atoms with Gasteiger partial charge in [-0.05, 0) is 18.1 Å². The average Bonchev–Trinajstić information content (AvgIpc) is 1.61. The van der Waals surface area contributed by atoms with Crippen molar-refractivity contribution in [3.63, 3.8) is 0 Å². The monoisotopic (exact) mass is 158 g/mol. The van der Waals surface area contributed by atoms with Crippen LogP contribution in [0.3, 0.4) is 0 Å². The van der Waals surface area contributed by atoms with E-state index in [1.165, 1.54) is 0 Å². The quantitative estimate of drug-likeness (QED) is 0.367. The van der Waals surface area contributed by atoms with Gasteiger partial charge in [-0.25, -0.2) is 0 Å². The first-order chi connectivity index (χ1) is 3.63. The summed E-state index contributed by atoms with van der Waals surface area (Å²) in [6, 6.07) is 0. The Morgan fingerprint density at radius 2 is 2.11 bits per heavy atom. The van der Waals surface area contributed by atoms with Gasteiger partial charge >= 0.3 is 18.9 Å². The van der Waals surface area contributed by atoms with Crippen LogP contribution in [0.15, 0.2) is 0 Å². The third-order valence-corrected chi connectivity index (χ3v) is 0.787. The Balaban J connectivity index is 0. The molecule has 0 amide bonds. The van der Waals surface area contributed by atoms with Crippen molar-refractivity contribution in [3.8, 4) is 0 Å². The Hall–Kier alpha value is 0.837. The average molecular weight is 158 g/mol. The summed E-state index contributed by atoms with van der Waals surface area (Å²) in [5.74, 6) is 0.528. The molecular formula is C5H11LiOS2. The predicted octanol–water partition coefficient (Wildman–Crippen LogP) is 1.23. The van der Waals surface area contributed by atoms with Crippen LogP contribution in [0.2, 0.25) is 0 Å². The second-order valence-corrected chi connectivity index (χ2v) is 3.05. The first kappa shape index (κ1) is 12.5. The van der Waals surface area contributed by atoms with Gasteiger partial charge < -0.3 is 4.74 Å². The maximum atomic E-state index is 4.90. The van der Waals surface area contributed by atoms with E-state index >= 15 is 0 Å². The standard InChI is InChI=1S/C5H10OS2.Li.H/c1-4(2)3-6-5(7)8;;/h4H,3H2,1-2H3,(H,7,8);;. The van der Waals surface area contributed by atoms with E-state index in [4.69, 9.17) is 4.74 Å². The second kappa shape index (κ2) is 6.95. The molecule has 0 saturated carbocycles. The van der Waals surface area contributed by atoms with Gasteiger partial charge in [-0.15, -0.1) is 0 Å². The van der Waals surface area contributed by atoms with Gasteiger partial charge in [0.15, 0.2) is 0 Å². The van der Waals surface area contributed by atoms with E-state index in [0.717, 1.165) is 0 Å². The molecule has 50 valence electrons. The Morgan fingerprint density at radius 3 is 2.22 bits per heavy atom. The maximum absolute atomic E-state index is 4.90. The minimum absolute atomic E-state index is 0. The van der Waals surface area contributed by atoms with Gasteiger partial charge in [0.1, 0.15) is 0 Å². The molecule has 0 rings (SSSR count). The summed E-state index contributed by atoms with van der Waals surface area (Å²) in [7, 11) is 0. The fourth-order valence-electron chi connectivity index (χ4n) is 0.238. The van der Waals surface area contributed by atoms with Crippen molar-refractivity contribution in [2.45, 2.75) is 13.8 Å². The molecule has 4 heteroatoms. The molecular weight excluding hydrogens is 147 g/mol. The molecule has 0 aromatic heterocycles. The molecule has 0 unspecified atom stereocenters. The van der Waals surface area contributed by atoms with Crippen LogP contribution in [0.1, 0.15) is 13.8 Å². The Bertz CT molecular complexity index is 85.0. The normalized spacial score (nSPS) is 8.44. The van der Waals surface area contributed by atoms with Crippen molar-refractivity contribution in [2.24, 2.45) is 5.92 Å². The van der Waals surface area contributed by atoms with Crippen LogP contribution in [0, 0.1) is 5.92 Å². The van der Waals surface area contributed by atoms with Crippen LogP contribution in [-0.2, 0) is 4.74 Å². The van der Waals surface area contributed by atoms with E-state index in [0.29, 0.717) is 16.9 Å². The van der Waals surface area contributed by atoms with E-state index in [1.807, 2.05) is 0 Å². The van der Waals surface area contributed by atoms with Crippen molar-refractivity contribution in [3.05, 3.63) is 0 Å². The molecule has 0 saturated heterocycles. The zero-order chi connectivity index (χ0) is 6.57.